The lowest BCUT2D eigenvalue weighted by Gasteiger charge is -2.32. The summed E-state index contributed by atoms with van der Waals surface area (Å²) >= 11 is 0. The molecule has 2 rings (SSSR count). The van der Waals surface area contributed by atoms with Gasteiger partial charge in [-0.15, -0.1) is 0 Å². The topological polar surface area (TPSA) is 63.4 Å². The van der Waals surface area contributed by atoms with Crippen LogP contribution in [0.15, 0.2) is 29.2 Å². The van der Waals surface area contributed by atoms with E-state index in [2.05, 4.69) is 0 Å². The van der Waals surface area contributed by atoms with Crippen LogP contribution in [0.1, 0.15) is 51.1 Å². The van der Waals surface area contributed by atoms with Crippen LogP contribution in [0.2, 0.25) is 0 Å². The molecular formula is C15H24N2O2S. The minimum Gasteiger partial charge on any atom is -0.324 e. The predicted octanol–water partition coefficient (Wildman–Crippen LogP) is 2.66. The second-order valence-electron chi connectivity index (χ2n) is 5.55. The number of hydrogen-bond acceptors (Lipinski definition) is 3. The van der Waals surface area contributed by atoms with E-state index in [4.69, 9.17) is 5.73 Å². The van der Waals surface area contributed by atoms with E-state index in [-0.39, 0.29) is 12.1 Å². The Labute approximate surface area is 122 Å². The largest absolute Gasteiger partial charge is 0.324 e. The molecule has 1 heterocycles. The number of nitrogens with zero attached hydrogens (tertiary/aromatic N) is 1. The molecule has 1 aliphatic heterocycles. The molecule has 2 N–H and O–H groups in total. The number of nitrogens with two attached hydrogens (primary N) is 1. The molecule has 0 aliphatic carbocycles. The molecule has 1 saturated heterocycles. The summed E-state index contributed by atoms with van der Waals surface area (Å²) in [6, 6.07) is 7.05. The molecule has 0 aromatic heterocycles. The second kappa shape index (κ2) is 6.24. The van der Waals surface area contributed by atoms with E-state index in [0.29, 0.717) is 11.4 Å². The van der Waals surface area contributed by atoms with E-state index in [1.807, 2.05) is 19.9 Å². The van der Waals surface area contributed by atoms with Crippen molar-refractivity contribution < 1.29 is 8.42 Å². The van der Waals surface area contributed by atoms with Crippen LogP contribution in [0, 0.1) is 0 Å². The highest BCUT2D eigenvalue weighted by Gasteiger charge is 2.31. The molecule has 20 heavy (non-hydrogen) atoms. The van der Waals surface area contributed by atoms with Gasteiger partial charge >= 0.3 is 0 Å². The van der Waals surface area contributed by atoms with Crippen LogP contribution >= 0.6 is 0 Å². The summed E-state index contributed by atoms with van der Waals surface area (Å²) in [6.45, 7) is 4.60. The second-order valence-corrected chi connectivity index (χ2v) is 7.44. The Balaban J connectivity index is 2.34. The first-order chi connectivity index (χ1) is 9.46. The van der Waals surface area contributed by atoms with Gasteiger partial charge in [0.1, 0.15) is 0 Å². The smallest absolute Gasteiger partial charge is 0.243 e. The number of sulfonamides is 1. The first kappa shape index (κ1) is 15.5. The van der Waals surface area contributed by atoms with Gasteiger partial charge in [0.05, 0.1) is 4.90 Å². The van der Waals surface area contributed by atoms with Gasteiger partial charge in [-0.25, -0.2) is 8.42 Å². The number of hydrogen-bond donors (Lipinski definition) is 1. The third-order valence-electron chi connectivity index (χ3n) is 4.07. The van der Waals surface area contributed by atoms with Crippen molar-refractivity contribution in [3.05, 3.63) is 29.8 Å². The zero-order valence-corrected chi connectivity index (χ0v) is 13.1. The molecule has 1 aromatic carbocycles. The normalized spacial score (nSPS) is 22.6. The lowest BCUT2D eigenvalue weighted by molar-refractivity contribution is 0.268. The molecule has 112 valence electrons. The Morgan fingerprint density at radius 2 is 2.15 bits per heavy atom. The van der Waals surface area contributed by atoms with Crippen LogP contribution < -0.4 is 5.73 Å². The van der Waals surface area contributed by atoms with Gasteiger partial charge in [-0.2, -0.15) is 4.31 Å². The first-order valence-corrected chi connectivity index (χ1v) is 8.78. The highest BCUT2D eigenvalue weighted by Crippen LogP contribution is 2.26. The van der Waals surface area contributed by atoms with Gasteiger partial charge in [0, 0.05) is 18.6 Å². The van der Waals surface area contributed by atoms with E-state index >= 15 is 0 Å². The van der Waals surface area contributed by atoms with Crippen molar-refractivity contribution >= 4 is 10.0 Å². The van der Waals surface area contributed by atoms with Gasteiger partial charge in [-0.05, 0) is 43.9 Å². The van der Waals surface area contributed by atoms with Crippen molar-refractivity contribution in [2.75, 3.05) is 6.54 Å². The summed E-state index contributed by atoms with van der Waals surface area (Å²) < 4.78 is 27.1. The number of benzene rings is 1. The average molecular weight is 296 g/mol. The minimum absolute atomic E-state index is 0.0808. The maximum Gasteiger partial charge on any atom is 0.243 e. The van der Waals surface area contributed by atoms with Crippen LogP contribution in [-0.2, 0) is 10.0 Å². The third-order valence-corrected chi connectivity index (χ3v) is 6.08. The predicted molar refractivity (Wildman–Crippen MR) is 80.9 cm³/mol. The van der Waals surface area contributed by atoms with E-state index in [0.717, 1.165) is 31.2 Å². The van der Waals surface area contributed by atoms with E-state index in [1.165, 1.54) is 0 Å². The Morgan fingerprint density at radius 3 is 2.80 bits per heavy atom. The van der Waals surface area contributed by atoms with Gasteiger partial charge in [-0.3, -0.25) is 0 Å². The van der Waals surface area contributed by atoms with Crippen molar-refractivity contribution in [1.29, 1.82) is 0 Å². The monoisotopic (exact) mass is 296 g/mol. The van der Waals surface area contributed by atoms with Crippen molar-refractivity contribution in [3.63, 3.8) is 0 Å². The van der Waals surface area contributed by atoms with E-state index < -0.39 is 10.0 Å². The molecule has 0 spiro atoms. The standard InChI is InChI=1S/C15H24N2O2S/c1-3-15(16)13-8-6-9-14(11-13)20(18,19)17-10-5-4-7-12(17)2/h6,8-9,11-12,15H,3-5,7,10,16H2,1-2H3. The fraction of sp³-hybridized carbons (Fsp3) is 0.600. The maximum atomic E-state index is 12.7. The zero-order chi connectivity index (χ0) is 14.8. The van der Waals surface area contributed by atoms with Crippen LogP contribution in [0.4, 0.5) is 0 Å². The lowest BCUT2D eigenvalue weighted by Crippen LogP contribution is -2.41. The summed E-state index contributed by atoms with van der Waals surface area (Å²) in [5.74, 6) is 0. The molecule has 1 fully saturated rings. The first-order valence-electron chi connectivity index (χ1n) is 7.34. The lowest BCUT2D eigenvalue weighted by atomic mass is 10.1. The maximum absolute atomic E-state index is 12.7. The van der Waals surface area contributed by atoms with Crippen LogP contribution in [0.3, 0.4) is 0 Å². The van der Waals surface area contributed by atoms with Crippen LogP contribution in [-0.4, -0.2) is 25.3 Å². The fourth-order valence-electron chi connectivity index (χ4n) is 2.71. The van der Waals surface area contributed by atoms with Gasteiger partial charge in [0.2, 0.25) is 10.0 Å². The molecule has 4 nitrogen and oxygen atoms in total. The average Bonchev–Trinajstić information content (AvgIpc) is 2.47. The van der Waals surface area contributed by atoms with Crippen molar-refractivity contribution in [2.45, 2.75) is 56.5 Å². The highest BCUT2D eigenvalue weighted by atomic mass is 32.2. The van der Waals surface area contributed by atoms with Gasteiger partial charge in [0.25, 0.3) is 0 Å². The quantitative estimate of drug-likeness (QED) is 0.929. The van der Waals surface area contributed by atoms with Crippen molar-refractivity contribution in [2.24, 2.45) is 5.73 Å². The molecular weight excluding hydrogens is 272 g/mol. The summed E-state index contributed by atoms with van der Waals surface area (Å²) in [5, 5.41) is 0. The molecule has 1 aliphatic rings. The van der Waals surface area contributed by atoms with Crippen LogP contribution in [0.25, 0.3) is 0 Å². The summed E-state index contributed by atoms with van der Waals surface area (Å²) in [7, 11) is -3.40. The molecule has 0 bridgehead atoms. The molecule has 0 saturated carbocycles. The summed E-state index contributed by atoms with van der Waals surface area (Å²) in [4.78, 5) is 0.368. The Hall–Kier alpha value is -0.910. The molecule has 5 heteroatoms. The van der Waals surface area contributed by atoms with E-state index in [9.17, 15) is 8.42 Å². The van der Waals surface area contributed by atoms with Crippen molar-refractivity contribution in [3.8, 4) is 0 Å². The summed E-state index contributed by atoms with van der Waals surface area (Å²) in [6.07, 6.45) is 3.78. The zero-order valence-electron chi connectivity index (χ0n) is 12.2. The SMILES string of the molecule is CCC(N)c1cccc(S(=O)(=O)N2CCCCC2C)c1. The summed E-state index contributed by atoms with van der Waals surface area (Å²) in [5.41, 5.74) is 6.89. The van der Waals surface area contributed by atoms with E-state index in [1.54, 1.807) is 22.5 Å². The molecule has 2 atom stereocenters. The van der Waals surface area contributed by atoms with Gasteiger partial charge < -0.3 is 5.73 Å². The number of piperidine rings is 1. The highest BCUT2D eigenvalue weighted by molar-refractivity contribution is 7.89. The number of rotatable bonds is 4. The fourth-order valence-corrected chi connectivity index (χ4v) is 4.46. The Kier molecular flexibility index (Phi) is 4.83. The molecule has 0 radical (unpaired) electrons. The third kappa shape index (κ3) is 3.05. The minimum atomic E-state index is -3.40. The Bertz CT molecular complexity index is 557. The van der Waals surface area contributed by atoms with Gasteiger partial charge in [-0.1, -0.05) is 25.5 Å². The molecule has 0 amide bonds. The van der Waals surface area contributed by atoms with Crippen molar-refractivity contribution in [1.82, 2.24) is 4.31 Å². The van der Waals surface area contributed by atoms with Crippen LogP contribution in [0.5, 0.6) is 0 Å². The Morgan fingerprint density at radius 1 is 1.40 bits per heavy atom. The van der Waals surface area contributed by atoms with Gasteiger partial charge in [0.15, 0.2) is 0 Å². The molecule has 1 aromatic rings. The molecule has 2 unspecified atom stereocenters.